The topological polar surface area (TPSA) is 62.7 Å². The fourth-order valence-corrected chi connectivity index (χ4v) is 2.11. The number of hydrogen-bond donors (Lipinski definition) is 1. The van der Waals surface area contributed by atoms with Crippen molar-refractivity contribution < 1.29 is 14.6 Å². The van der Waals surface area contributed by atoms with Crippen LogP contribution in [0.2, 0.25) is 0 Å². The molecule has 0 radical (unpaired) electrons. The van der Waals surface area contributed by atoms with E-state index in [9.17, 15) is 9.90 Å². The van der Waals surface area contributed by atoms with E-state index in [0.717, 1.165) is 5.82 Å². The minimum Gasteiger partial charge on any atom is -0.479 e. The van der Waals surface area contributed by atoms with Gasteiger partial charge < -0.3 is 14.7 Å². The Hall–Kier alpha value is -2.40. The van der Waals surface area contributed by atoms with Gasteiger partial charge >= 0.3 is 5.97 Å². The number of likely N-dealkylation sites (N-methyl/N-ethyl adjacent to an activating group) is 1. The number of anilines is 1. The molecule has 1 heterocycles. The minimum absolute atomic E-state index is 0.283. The smallest absolute Gasteiger partial charge is 0.340 e. The fourth-order valence-electron chi connectivity index (χ4n) is 2.11. The summed E-state index contributed by atoms with van der Waals surface area (Å²) in [6.07, 6.45) is 1.72. The molecule has 116 valence electrons. The van der Waals surface area contributed by atoms with Gasteiger partial charge in [-0.2, -0.15) is 0 Å². The van der Waals surface area contributed by atoms with Crippen molar-refractivity contribution >= 4 is 11.8 Å². The predicted molar refractivity (Wildman–Crippen MR) is 84.9 cm³/mol. The van der Waals surface area contributed by atoms with Gasteiger partial charge in [-0.15, -0.1) is 0 Å². The number of carboxylic acid groups (broad SMARTS) is 1. The maximum absolute atomic E-state index is 11.6. The van der Waals surface area contributed by atoms with Crippen molar-refractivity contribution in [3.8, 4) is 0 Å². The summed E-state index contributed by atoms with van der Waals surface area (Å²) in [5.74, 6) is -0.179. The quantitative estimate of drug-likeness (QED) is 0.851. The van der Waals surface area contributed by atoms with Crippen LogP contribution in [0.3, 0.4) is 0 Å². The number of benzene rings is 1. The van der Waals surface area contributed by atoms with Crippen molar-refractivity contribution in [3.63, 3.8) is 0 Å². The summed E-state index contributed by atoms with van der Waals surface area (Å²) < 4.78 is 5.70. The zero-order valence-electron chi connectivity index (χ0n) is 12.8. The third-order valence-corrected chi connectivity index (χ3v) is 3.59. The molecule has 1 aromatic carbocycles. The van der Waals surface area contributed by atoms with Crippen molar-refractivity contribution in [1.82, 2.24) is 4.98 Å². The summed E-state index contributed by atoms with van der Waals surface area (Å²) in [6, 6.07) is 14.6. The van der Waals surface area contributed by atoms with Gasteiger partial charge in [-0.3, -0.25) is 0 Å². The summed E-state index contributed by atoms with van der Waals surface area (Å²) in [7, 11) is 1.90. The number of hydrogen-bond acceptors (Lipinski definition) is 4. The third-order valence-electron chi connectivity index (χ3n) is 3.59. The highest BCUT2D eigenvalue weighted by atomic mass is 16.5. The average molecular weight is 300 g/mol. The normalized spacial score (nSPS) is 13.4. The minimum atomic E-state index is -1.35. The van der Waals surface area contributed by atoms with Crippen molar-refractivity contribution in [2.24, 2.45) is 0 Å². The van der Waals surface area contributed by atoms with Crippen LogP contribution in [0.15, 0.2) is 54.7 Å². The molecular formula is C17H20N2O3. The lowest BCUT2D eigenvalue weighted by molar-refractivity contribution is -0.164. The Morgan fingerprint density at radius 3 is 2.50 bits per heavy atom. The van der Waals surface area contributed by atoms with Crippen LogP contribution in [0.1, 0.15) is 12.5 Å². The van der Waals surface area contributed by atoms with Gasteiger partial charge in [-0.1, -0.05) is 36.4 Å². The summed E-state index contributed by atoms with van der Waals surface area (Å²) in [4.78, 5) is 17.8. The molecule has 0 spiro atoms. The number of carbonyl (C=O) groups is 1. The van der Waals surface area contributed by atoms with Gasteiger partial charge in [0.15, 0.2) is 5.60 Å². The van der Waals surface area contributed by atoms with E-state index in [1.54, 1.807) is 37.4 Å². The lowest BCUT2D eigenvalue weighted by Gasteiger charge is -2.27. The molecule has 0 aliphatic rings. The van der Waals surface area contributed by atoms with E-state index in [4.69, 9.17) is 4.74 Å². The Morgan fingerprint density at radius 2 is 1.91 bits per heavy atom. The van der Waals surface area contributed by atoms with Gasteiger partial charge in [0.25, 0.3) is 0 Å². The third kappa shape index (κ3) is 3.62. The van der Waals surface area contributed by atoms with Crippen molar-refractivity contribution in [3.05, 3.63) is 60.3 Å². The maximum Gasteiger partial charge on any atom is 0.340 e. The van der Waals surface area contributed by atoms with E-state index in [1.165, 1.54) is 0 Å². The molecule has 0 aliphatic heterocycles. The molecule has 5 nitrogen and oxygen atoms in total. The van der Waals surface area contributed by atoms with E-state index in [0.29, 0.717) is 12.1 Å². The average Bonchev–Trinajstić information content (AvgIpc) is 2.56. The van der Waals surface area contributed by atoms with Crippen LogP contribution in [-0.4, -0.2) is 36.3 Å². The van der Waals surface area contributed by atoms with Gasteiger partial charge in [-0.25, -0.2) is 9.78 Å². The van der Waals surface area contributed by atoms with Gasteiger partial charge in [0, 0.05) is 19.8 Å². The largest absolute Gasteiger partial charge is 0.479 e. The molecule has 22 heavy (non-hydrogen) atoms. The number of pyridine rings is 1. The first-order chi connectivity index (χ1) is 10.5. The van der Waals surface area contributed by atoms with Crippen LogP contribution < -0.4 is 4.90 Å². The van der Waals surface area contributed by atoms with E-state index < -0.39 is 11.6 Å². The van der Waals surface area contributed by atoms with Crippen LogP contribution >= 0.6 is 0 Å². The number of ether oxygens (including phenoxy) is 1. The molecule has 0 amide bonds. The fraction of sp³-hybridized carbons (Fsp3) is 0.294. The van der Waals surface area contributed by atoms with Gasteiger partial charge in [0.2, 0.25) is 0 Å². The molecule has 0 saturated carbocycles. The molecule has 0 aliphatic carbocycles. The number of carboxylic acids is 1. The van der Waals surface area contributed by atoms with Gasteiger partial charge in [0.1, 0.15) is 5.82 Å². The standard InChI is InChI=1S/C17H20N2O3/c1-17(16(20)21,14-8-4-3-5-9-14)22-13-12-19(2)15-10-6-7-11-18-15/h3-11H,12-13H2,1-2H3,(H,20,21). The van der Waals surface area contributed by atoms with E-state index in [-0.39, 0.29) is 6.61 Å². The van der Waals surface area contributed by atoms with Crippen molar-refractivity contribution in [2.75, 3.05) is 25.1 Å². The number of nitrogens with zero attached hydrogens (tertiary/aromatic N) is 2. The van der Waals surface area contributed by atoms with Crippen molar-refractivity contribution in [2.45, 2.75) is 12.5 Å². The Bertz CT molecular complexity index is 604. The van der Waals surface area contributed by atoms with E-state index in [2.05, 4.69) is 4.98 Å². The number of aliphatic carboxylic acids is 1. The SMILES string of the molecule is CN(CCOC(C)(C(=O)O)c1ccccc1)c1ccccn1. The second-order valence-corrected chi connectivity index (χ2v) is 5.16. The molecule has 1 atom stereocenters. The van der Waals surface area contributed by atoms with Gasteiger partial charge in [0.05, 0.1) is 6.61 Å². The molecular weight excluding hydrogens is 280 g/mol. The van der Waals surface area contributed by atoms with Crippen molar-refractivity contribution in [1.29, 1.82) is 0 Å². The number of rotatable bonds is 7. The first-order valence-electron chi connectivity index (χ1n) is 7.09. The van der Waals surface area contributed by atoms with Crippen LogP contribution in [-0.2, 0) is 15.1 Å². The molecule has 0 bridgehead atoms. The molecule has 0 fully saturated rings. The van der Waals surface area contributed by atoms with Crippen LogP contribution in [0.25, 0.3) is 0 Å². The van der Waals surface area contributed by atoms with Gasteiger partial charge in [-0.05, 0) is 24.6 Å². The second kappa shape index (κ2) is 7.04. The Morgan fingerprint density at radius 1 is 1.23 bits per heavy atom. The predicted octanol–water partition coefficient (Wildman–Crippen LogP) is 2.53. The Balaban J connectivity index is 2.00. The molecule has 2 rings (SSSR count). The monoisotopic (exact) mass is 300 g/mol. The molecule has 0 saturated heterocycles. The van der Waals surface area contributed by atoms with E-state index in [1.807, 2.05) is 36.2 Å². The van der Waals surface area contributed by atoms with Crippen LogP contribution in [0.4, 0.5) is 5.82 Å². The first-order valence-corrected chi connectivity index (χ1v) is 7.09. The molecule has 2 aromatic rings. The highest BCUT2D eigenvalue weighted by Gasteiger charge is 2.36. The molecule has 1 aromatic heterocycles. The second-order valence-electron chi connectivity index (χ2n) is 5.16. The lowest BCUT2D eigenvalue weighted by Crippen LogP contribution is -2.38. The zero-order valence-corrected chi connectivity index (χ0v) is 12.8. The Labute approximate surface area is 130 Å². The molecule has 5 heteroatoms. The maximum atomic E-state index is 11.6. The summed E-state index contributed by atoms with van der Waals surface area (Å²) in [5, 5.41) is 9.52. The zero-order chi connectivity index (χ0) is 16.0. The summed E-state index contributed by atoms with van der Waals surface area (Å²) in [6.45, 7) is 2.41. The summed E-state index contributed by atoms with van der Waals surface area (Å²) in [5.41, 5.74) is -0.727. The van der Waals surface area contributed by atoms with E-state index >= 15 is 0 Å². The lowest BCUT2D eigenvalue weighted by atomic mass is 9.96. The highest BCUT2D eigenvalue weighted by Crippen LogP contribution is 2.25. The number of aromatic nitrogens is 1. The molecule has 1 N–H and O–H groups in total. The van der Waals surface area contributed by atoms with Crippen LogP contribution in [0, 0.1) is 0 Å². The Kier molecular flexibility index (Phi) is 5.12. The highest BCUT2D eigenvalue weighted by molar-refractivity contribution is 5.78. The molecule has 1 unspecified atom stereocenters. The van der Waals surface area contributed by atoms with Crippen LogP contribution in [0.5, 0.6) is 0 Å². The summed E-state index contributed by atoms with van der Waals surface area (Å²) >= 11 is 0. The first kappa shape index (κ1) is 16.0.